The lowest BCUT2D eigenvalue weighted by Crippen LogP contribution is -2.18. The molecule has 0 aliphatic heterocycles. The molecule has 0 atom stereocenters. The van der Waals surface area contributed by atoms with Crippen LogP contribution in [0.5, 0.6) is 0 Å². The molecule has 1 nitrogen and oxygen atoms in total. The second-order valence-corrected chi connectivity index (χ2v) is 6.04. The highest BCUT2D eigenvalue weighted by molar-refractivity contribution is 5.25. The quantitative estimate of drug-likeness (QED) is 0.495. The summed E-state index contributed by atoms with van der Waals surface area (Å²) >= 11 is 0. The summed E-state index contributed by atoms with van der Waals surface area (Å²) in [7, 11) is 0. The molecule has 0 aromatic heterocycles. The van der Waals surface area contributed by atoms with Crippen molar-refractivity contribution in [3.8, 4) is 0 Å². The Bertz CT molecular complexity index is 385. The molecule has 1 fully saturated rings. The maximum Gasteiger partial charge on any atom is 0.0644 e. The van der Waals surface area contributed by atoms with Gasteiger partial charge in [-0.25, -0.2) is 0 Å². The first-order valence-corrected chi connectivity index (χ1v) is 8.11. The van der Waals surface area contributed by atoms with Gasteiger partial charge in [0.15, 0.2) is 0 Å². The van der Waals surface area contributed by atoms with Gasteiger partial charge in [0.25, 0.3) is 0 Å². The zero-order chi connectivity index (χ0) is 14.2. The number of hydrogen-bond acceptors (Lipinski definition) is 1. The fourth-order valence-electron chi connectivity index (χ4n) is 3.23. The van der Waals surface area contributed by atoms with E-state index in [4.69, 9.17) is 4.74 Å². The average Bonchev–Trinajstić information content (AvgIpc) is 2.49. The molecule has 110 valence electrons. The summed E-state index contributed by atoms with van der Waals surface area (Å²) in [6.07, 6.45) is 9.51. The standard InChI is InChI=1S/C19H28O/c1-3-5-16-6-10-18(11-7-16)19-12-8-17(9-13-19)15-20-14-4-2/h4,6-7,10-11,17,19H,2-3,5,8-9,12-15H2,1H3. The van der Waals surface area contributed by atoms with Crippen molar-refractivity contribution in [3.05, 3.63) is 48.0 Å². The van der Waals surface area contributed by atoms with Crippen LogP contribution in [0.15, 0.2) is 36.9 Å². The lowest BCUT2D eigenvalue weighted by molar-refractivity contribution is 0.102. The second kappa shape index (κ2) is 8.26. The molecule has 0 bridgehead atoms. The summed E-state index contributed by atoms with van der Waals surface area (Å²) < 4.78 is 5.59. The molecule has 0 amide bonds. The van der Waals surface area contributed by atoms with Gasteiger partial charge in [0, 0.05) is 6.61 Å². The van der Waals surface area contributed by atoms with E-state index >= 15 is 0 Å². The van der Waals surface area contributed by atoms with E-state index in [9.17, 15) is 0 Å². The molecule has 0 spiro atoms. The molecule has 1 saturated carbocycles. The van der Waals surface area contributed by atoms with Gasteiger partial charge in [0.1, 0.15) is 0 Å². The first-order chi connectivity index (χ1) is 9.83. The molecular weight excluding hydrogens is 244 g/mol. The molecule has 0 heterocycles. The van der Waals surface area contributed by atoms with Crippen molar-refractivity contribution in [2.75, 3.05) is 13.2 Å². The summed E-state index contributed by atoms with van der Waals surface area (Å²) in [5.74, 6) is 1.52. The van der Waals surface area contributed by atoms with E-state index in [2.05, 4.69) is 37.8 Å². The summed E-state index contributed by atoms with van der Waals surface area (Å²) in [6, 6.07) is 9.34. The number of ether oxygens (including phenoxy) is 1. The molecule has 20 heavy (non-hydrogen) atoms. The van der Waals surface area contributed by atoms with Crippen molar-refractivity contribution in [1.82, 2.24) is 0 Å². The van der Waals surface area contributed by atoms with E-state index in [1.54, 1.807) is 0 Å². The topological polar surface area (TPSA) is 9.23 Å². The van der Waals surface area contributed by atoms with Crippen LogP contribution in [0.2, 0.25) is 0 Å². The normalized spacial score (nSPS) is 22.6. The molecule has 1 aliphatic rings. The van der Waals surface area contributed by atoms with Crippen LogP contribution in [0.4, 0.5) is 0 Å². The summed E-state index contributed by atoms with van der Waals surface area (Å²) in [5.41, 5.74) is 3.01. The molecule has 2 rings (SSSR count). The Hall–Kier alpha value is -1.08. The molecular formula is C19H28O. The van der Waals surface area contributed by atoms with Crippen LogP contribution >= 0.6 is 0 Å². The van der Waals surface area contributed by atoms with Crippen molar-refractivity contribution in [3.63, 3.8) is 0 Å². The van der Waals surface area contributed by atoms with Crippen LogP contribution < -0.4 is 0 Å². The van der Waals surface area contributed by atoms with Gasteiger partial charge in [0.05, 0.1) is 6.61 Å². The van der Waals surface area contributed by atoms with E-state index in [-0.39, 0.29) is 0 Å². The minimum Gasteiger partial charge on any atom is -0.377 e. The third-order valence-corrected chi connectivity index (χ3v) is 4.43. The van der Waals surface area contributed by atoms with Crippen molar-refractivity contribution in [2.24, 2.45) is 5.92 Å². The zero-order valence-electron chi connectivity index (χ0n) is 12.8. The fraction of sp³-hybridized carbons (Fsp3) is 0.579. The highest BCUT2D eigenvalue weighted by Gasteiger charge is 2.22. The molecule has 0 unspecified atom stereocenters. The molecule has 0 saturated heterocycles. The van der Waals surface area contributed by atoms with E-state index < -0.39 is 0 Å². The van der Waals surface area contributed by atoms with E-state index in [1.165, 1.54) is 49.7 Å². The highest BCUT2D eigenvalue weighted by atomic mass is 16.5. The molecule has 0 radical (unpaired) electrons. The van der Waals surface area contributed by atoms with Gasteiger partial charge in [-0.2, -0.15) is 0 Å². The fourth-order valence-corrected chi connectivity index (χ4v) is 3.23. The van der Waals surface area contributed by atoms with Gasteiger partial charge >= 0.3 is 0 Å². The monoisotopic (exact) mass is 272 g/mol. The van der Waals surface area contributed by atoms with Gasteiger partial charge in [-0.1, -0.05) is 43.7 Å². The average molecular weight is 272 g/mol. The lowest BCUT2D eigenvalue weighted by atomic mass is 9.79. The first-order valence-electron chi connectivity index (χ1n) is 8.11. The van der Waals surface area contributed by atoms with Crippen LogP contribution in [0.1, 0.15) is 56.1 Å². The van der Waals surface area contributed by atoms with Crippen LogP contribution in [0.3, 0.4) is 0 Å². The molecule has 1 aromatic carbocycles. The van der Waals surface area contributed by atoms with Gasteiger partial charge < -0.3 is 4.74 Å². The Balaban J connectivity index is 1.79. The van der Waals surface area contributed by atoms with Crippen LogP contribution in [0, 0.1) is 5.92 Å². The maximum absolute atomic E-state index is 5.59. The van der Waals surface area contributed by atoms with Gasteiger partial charge in [-0.05, 0) is 55.1 Å². The van der Waals surface area contributed by atoms with Crippen molar-refractivity contribution in [1.29, 1.82) is 0 Å². The third-order valence-electron chi connectivity index (χ3n) is 4.43. The number of rotatable bonds is 7. The lowest BCUT2D eigenvalue weighted by Gasteiger charge is -2.28. The molecule has 0 N–H and O–H groups in total. The van der Waals surface area contributed by atoms with Gasteiger partial charge in [-0.15, -0.1) is 6.58 Å². The Labute approximate surface area is 124 Å². The van der Waals surface area contributed by atoms with Gasteiger partial charge in [-0.3, -0.25) is 0 Å². The minimum absolute atomic E-state index is 0.693. The Morgan fingerprint density at radius 3 is 2.45 bits per heavy atom. The van der Waals surface area contributed by atoms with Crippen LogP contribution in [-0.4, -0.2) is 13.2 Å². The highest BCUT2D eigenvalue weighted by Crippen LogP contribution is 2.35. The van der Waals surface area contributed by atoms with Crippen molar-refractivity contribution < 1.29 is 4.74 Å². The smallest absolute Gasteiger partial charge is 0.0644 e. The SMILES string of the molecule is C=CCOCC1CCC(c2ccc(CCC)cc2)CC1. The molecule has 1 heteroatoms. The predicted molar refractivity (Wildman–Crippen MR) is 86.2 cm³/mol. The second-order valence-electron chi connectivity index (χ2n) is 6.04. The Morgan fingerprint density at radius 2 is 1.85 bits per heavy atom. The summed E-state index contributed by atoms with van der Waals surface area (Å²) in [6.45, 7) is 7.53. The van der Waals surface area contributed by atoms with Crippen molar-refractivity contribution >= 4 is 0 Å². The van der Waals surface area contributed by atoms with Gasteiger partial charge in [0.2, 0.25) is 0 Å². The Kier molecular flexibility index (Phi) is 6.32. The zero-order valence-corrected chi connectivity index (χ0v) is 12.8. The number of hydrogen-bond donors (Lipinski definition) is 0. The maximum atomic E-state index is 5.59. The molecule has 1 aromatic rings. The summed E-state index contributed by atoms with van der Waals surface area (Å²) in [4.78, 5) is 0. The number of aryl methyl sites for hydroxylation is 1. The molecule has 1 aliphatic carbocycles. The third kappa shape index (κ3) is 4.49. The van der Waals surface area contributed by atoms with Crippen molar-refractivity contribution in [2.45, 2.75) is 51.4 Å². The Morgan fingerprint density at radius 1 is 1.15 bits per heavy atom. The first kappa shape index (κ1) is 15.3. The summed E-state index contributed by atoms with van der Waals surface area (Å²) in [5, 5.41) is 0. The predicted octanol–water partition coefficient (Wildman–Crippen LogP) is 5.12. The largest absolute Gasteiger partial charge is 0.377 e. The van der Waals surface area contributed by atoms with E-state index in [1.807, 2.05) is 6.08 Å². The van der Waals surface area contributed by atoms with E-state index in [0.29, 0.717) is 6.61 Å². The minimum atomic E-state index is 0.693. The van der Waals surface area contributed by atoms with E-state index in [0.717, 1.165) is 18.4 Å². The van der Waals surface area contributed by atoms with Crippen LogP contribution in [-0.2, 0) is 11.2 Å². The number of benzene rings is 1. The van der Waals surface area contributed by atoms with Crippen LogP contribution in [0.25, 0.3) is 0 Å².